The lowest BCUT2D eigenvalue weighted by Gasteiger charge is -1.90. The van der Waals surface area contributed by atoms with E-state index in [-0.39, 0.29) is 0 Å². The Morgan fingerprint density at radius 3 is 1.56 bits per heavy atom. The van der Waals surface area contributed by atoms with Crippen LogP contribution in [0.25, 0.3) is 0 Å². The maximum atomic E-state index is 4.45. The molecule has 0 bridgehead atoms. The van der Waals surface area contributed by atoms with Gasteiger partial charge in [-0.3, -0.25) is 0 Å². The highest BCUT2D eigenvalue weighted by molar-refractivity contribution is 8.11. The zero-order chi connectivity index (χ0) is 7.86. The summed E-state index contributed by atoms with van der Waals surface area (Å²) >= 11 is 8.17. The molecule has 0 radical (unpaired) electrons. The number of rotatable bonds is 0. The van der Waals surface area contributed by atoms with E-state index in [1.165, 1.54) is 0 Å². The number of nitrogens with one attached hydrogen (secondary N) is 1. The fraction of sp³-hybridized carbons (Fsp3) is 0.800. The highest BCUT2D eigenvalue weighted by atomic mass is 32.1. The lowest BCUT2D eigenvalue weighted by atomic mass is 11.0. The highest BCUT2D eigenvalue weighted by Crippen LogP contribution is 1.69. The number of hydrogen-bond acceptors (Lipinski definition) is 2. The first-order valence-corrected chi connectivity index (χ1v) is 3.37. The van der Waals surface area contributed by atoms with Crippen molar-refractivity contribution in [3.8, 4) is 0 Å². The molecule has 0 atom stereocenters. The highest BCUT2D eigenvalue weighted by Gasteiger charge is 1.67. The van der Waals surface area contributed by atoms with Gasteiger partial charge >= 0.3 is 0 Å². The minimum Gasteiger partial charge on any atom is -0.374 e. The molecule has 9 heavy (non-hydrogen) atoms. The van der Waals surface area contributed by atoms with Gasteiger partial charge < -0.3 is 10.2 Å². The van der Waals surface area contributed by atoms with Gasteiger partial charge in [0.05, 0.1) is 0 Å². The Bertz CT molecular complexity index is 70.6. The van der Waals surface area contributed by atoms with E-state index < -0.39 is 0 Å². The van der Waals surface area contributed by atoms with E-state index in [4.69, 9.17) is 0 Å². The van der Waals surface area contributed by atoms with Gasteiger partial charge in [0.25, 0.3) is 0 Å². The Morgan fingerprint density at radius 2 is 1.56 bits per heavy atom. The van der Waals surface area contributed by atoms with Crippen LogP contribution in [0.4, 0.5) is 0 Å². The molecular formula is C5H14N2S2. The molecule has 0 aromatic heterocycles. The van der Waals surface area contributed by atoms with Crippen molar-refractivity contribution in [2.24, 2.45) is 0 Å². The van der Waals surface area contributed by atoms with Crippen molar-refractivity contribution in [3.63, 3.8) is 0 Å². The number of thiol groups is 1. The second-order valence-electron chi connectivity index (χ2n) is 1.90. The van der Waals surface area contributed by atoms with Crippen molar-refractivity contribution in [2.45, 2.75) is 0 Å². The molecule has 0 fully saturated rings. The lowest BCUT2D eigenvalue weighted by Crippen LogP contribution is -2.06. The predicted molar refractivity (Wildman–Crippen MR) is 50.3 cm³/mol. The summed E-state index contributed by atoms with van der Waals surface area (Å²) in [5, 5.41) is 2.62. The average Bonchev–Trinajstić information content (AvgIpc) is 1.65. The molecule has 0 amide bonds. The summed E-state index contributed by atoms with van der Waals surface area (Å²) in [7, 11) is 7.73. The molecule has 56 valence electrons. The van der Waals surface area contributed by atoms with Crippen molar-refractivity contribution < 1.29 is 0 Å². The summed E-state index contributed by atoms with van der Waals surface area (Å²) in [5.41, 5.74) is 0. The SMILES string of the molecule is CN(C)C.CNC(=S)S. The van der Waals surface area contributed by atoms with Gasteiger partial charge in [0, 0.05) is 7.05 Å². The second-order valence-corrected chi connectivity index (χ2v) is 3.05. The first-order chi connectivity index (χ1) is 4.00. The maximum Gasteiger partial charge on any atom is 0.130 e. The van der Waals surface area contributed by atoms with Gasteiger partial charge in [-0.25, -0.2) is 0 Å². The van der Waals surface area contributed by atoms with Crippen molar-refractivity contribution in [1.29, 1.82) is 0 Å². The molecule has 0 heterocycles. The van der Waals surface area contributed by atoms with Crippen LogP contribution in [0.1, 0.15) is 0 Å². The van der Waals surface area contributed by atoms with E-state index in [1.54, 1.807) is 7.05 Å². The Labute approximate surface area is 68.0 Å². The largest absolute Gasteiger partial charge is 0.374 e. The fourth-order valence-corrected chi connectivity index (χ4v) is 0. The molecule has 0 unspecified atom stereocenters. The van der Waals surface area contributed by atoms with Crippen LogP contribution in [0.3, 0.4) is 0 Å². The predicted octanol–water partition coefficient (Wildman–Crippen LogP) is 0.598. The maximum absolute atomic E-state index is 4.45. The van der Waals surface area contributed by atoms with Gasteiger partial charge in [0.15, 0.2) is 0 Å². The zero-order valence-corrected chi connectivity index (χ0v) is 8.01. The quantitative estimate of drug-likeness (QED) is 0.405. The standard InChI is InChI=1S/C3H9N.C2H5NS2/c1-4(2)3;1-3-2(4)5/h1-3H3;1H3,(H2,3,4,5). The van der Waals surface area contributed by atoms with E-state index in [9.17, 15) is 0 Å². The van der Waals surface area contributed by atoms with Crippen LogP contribution in [-0.2, 0) is 0 Å². The van der Waals surface area contributed by atoms with E-state index in [1.807, 2.05) is 26.0 Å². The summed E-state index contributed by atoms with van der Waals surface area (Å²) in [5.74, 6) is 0. The van der Waals surface area contributed by atoms with Crippen molar-refractivity contribution in [2.75, 3.05) is 28.2 Å². The number of thiocarbonyl (C=S) groups is 1. The monoisotopic (exact) mass is 166 g/mol. The molecule has 0 aliphatic heterocycles. The smallest absolute Gasteiger partial charge is 0.130 e. The molecule has 0 rings (SSSR count). The van der Waals surface area contributed by atoms with Crippen LogP contribution >= 0.6 is 24.8 Å². The van der Waals surface area contributed by atoms with E-state index >= 15 is 0 Å². The molecule has 0 aliphatic carbocycles. The topological polar surface area (TPSA) is 15.3 Å². The summed E-state index contributed by atoms with van der Waals surface area (Å²) in [4.78, 5) is 2.00. The fourth-order valence-electron chi connectivity index (χ4n) is 0. The van der Waals surface area contributed by atoms with Crippen LogP contribution in [0.5, 0.6) is 0 Å². The van der Waals surface area contributed by atoms with Gasteiger partial charge in [-0.05, 0) is 21.1 Å². The van der Waals surface area contributed by atoms with Gasteiger partial charge in [0.2, 0.25) is 0 Å². The third kappa shape index (κ3) is 65.1. The molecule has 2 nitrogen and oxygen atoms in total. The molecule has 0 aromatic carbocycles. The van der Waals surface area contributed by atoms with Gasteiger partial charge in [-0.2, -0.15) is 0 Å². The molecular weight excluding hydrogens is 152 g/mol. The number of nitrogens with zero attached hydrogens (tertiary/aromatic N) is 1. The van der Waals surface area contributed by atoms with Gasteiger partial charge in [0.1, 0.15) is 4.32 Å². The van der Waals surface area contributed by atoms with Crippen LogP contribution in [0, 0.1) is 0 Å². The lowest BCUT2D eigenvalue weighted by molar-refractivity contribution is 0.505. The Balaban J connectivity index is 0. The van der Waals surface area contributed by atoms with E-state index in [2.05, 4.69) is 30.2 Å². The zero-order valence-electron chi connectivity index (χ0n) is 6.30. The number of hydrogen-bond donors (Lipinski definition) is 2. The van der Waals surface area contributed by atoms with E-state index in [0.717, 1.165) is 0 Å². The summed E-state index contributed by atoms with van der Waals surface area (Å²) < 4.78 is 0.532. The molecule has 4 heteroatoms. The second kappa shape index (κ2) is 8.20. The van der Waals surface area contributed by atoms with Crippen LogP contribution in [0.2, 0.25) is 0 Å². The molecule has 0 saturated carbocycles. The summed E-state index contributed by atoms with van der Waals surface area (Å²) in [6, 6.07) is 0. The van der Waals surface area contributed by atoms with Crippen LogP contribution in [-0.4, -0.2) is 37.4 Å². The molecule has 0 saturated heterocycles. The molecule has 0 spiro atoms. The Hall–Kier alpha value is 0.200. The first kappa shape index (κ1) is 11.9. The third-order valence-electron chi connectivity index (χ3n) is 0.214. The van der Waals surface area contributed by atoms with Gasteiger partial charge in [-0.1, -0.05) is 12.2 Å². The summed E-state index contributed by atoms with van der Waals surface area (Å²) in [6.45, 7) is 0. The molecule has 1 N–H and O–H groups in total. The minimum absolute atomic E-state index is 0.532. The Kier molecular flexibility index (Phi) is 10.9. The minimum atomic E-state index is 0.532. The Morgan fingerprint density at radius 1 is 1.44 bits per heavy atom. The van der Waals surface area contributed by atoms with Crippen molar-refractivity contribution >= 4 is 29.2 Å². The van der Waals surface area contributed by atoms with Crippen molar-refractivity contribution in [3.05, 3.63) is 0 Å². The molecule has 0 aliphatic rings. The third-order valence-corrected chi connectivity index (χ3v) is 0.642. The van der Waals surface area contributed by atoms with E-state index in [0.29, 0.717) is 4.32 Å². The van der Waals surface area contributed by atoms with Crippen LogP contribution < -0.4 is 5.32 Å². The van der Waals surface area contributed by atoms with Crippen LogP contribution in [0.15, 0.2) is 0 Å². The molecule has 0 aromatic rings. The normalized spacial score (nSPS) is 7.78. The summed E-state index contributed by atoms with van der Waals surface area (Å²) in [6.07, 6.45) is 0. The first-order valence-electron chi connectivity index (χ1n) is 2.52. The van der Waals surface area contributed by atoms with Crippen molar-refractivity contribution in [1.82, 2.24) is 10.2 Å². The average molecular weight is 166 g/mol. The van der Waals surface area contributed by atoms with Gasteiger partial charge in [-0.15, -0.1) is 12.6 Å².